The third kappa shape index (κ3) is 5.95. The van der Waals surface area contributed by atoms with E-state index in [2.05, 4.69) is 9.97 Å². The molecule has 1 aliphatic rings. The second-order valence-corrected chi connectivity index (χ2v) is 7.29. The molecule has 1 aromatic heterocycles. The topological polar surface area (TPSA) is 208 Å². The lowest BCUT2D eigenvalue weighted by molar-refractivity contribution is -0.296. The maximum Gasteiger partial charge on any atom is 0.364 e. The van der Waals surface area contributed by atoms with Crippen LogP contribution >= 0.6 is 0 Å². The van der Waals surface area contributed by atoms with Crippen LogP contribution in [-0.2, 0) is 25.5 Å². The predicted molar refractivity (Wildman–Crippen MR) is 94.8 cm³/mol. The van der Waals surface area contributed by atoms with E-state index in [0.717, 1.165) is 5.69 Å². The Kier molecular flexibility index (Phi) is 7.68. The Morgan fingerprint density at radius 2 is 2.17 bits per heavy atom. The number of carbonyl (C=O) groups is 2. The summed E-state index contributed by atoms with van der Waals surface area (Å²) in [5.74, 6) is -6.64. The minimum absolute atomic E-state index is 0.339. The van der Waals surface area contributed by atoms with Gasteiger partial charge in [0.1, 0.15) is 12.8 Å². The molecule has 0 amide bonds. The number of nitrogens with zero attached hydrogens (tertiary/aromatic N) is 1. The zero-order valence-corrected chi connectivity index (χ0v) is 15.8. The first-order chi connectivity index (χ1) is 13.5. The molecule has 0 saturated carbocycles. The maximum absolute atomic E-state index is 12.1. The van der Waals surface area contributed by atoms with Crippen LogP contribution in [0.3, 0.4) is 0 Å². The number of nitrogens with one attached hydrogen (secondary N) is 1. The molecule has 0 aliphatic carbocycles. The Labute approximate surface area is 166 Å². The monoisotopic (exact) mass is 417 g/mol. The number of aliphatic hydroxyl groups is 4. The number of nitrogens with two attached hydrogens (primary N) is 1. The van der Waals surface area contributed by atoms with E-state index >= 15 is 0 Å². The van der Waals surface area contributed by atoms with Crippen molar-refractivity contribution in [3.05, 3.63) is 18.2 Å². The summed E-state index contributed by atoms with van der Waals surface area (Å²) >= 11 is 0. The normalized spacial score (nSPS) is 30.3. The molecule has 1 saturated heterocycles. The number of H-pyrrole nitrogens is 1. The first-order valence-corrected chi connectivity index (χ1v) is 9.10. The third-order valence-corrected chi connectivity index (χ3v) is 4.84. The molecule has 0 bridgehead atoms. The highest BCUT2D eigenvalue weighted by atomic mass is 16.7. The van der Waals surface area contributed by atoms with Gasteiger partial charge < -0.3 is 45.7 Å². The van der Waals surface area contributed by atoms with E-state index in [4.69, 9.17) is 20.3 Å². The van der Waals surface area contributed by atoms with Crippen molar-refractivity contribution in [1.29, 1.82) is 0 Å². The highest BCUT2D eigenvalue weighted by Crippen LogP contribution is 2.35. The van der Waals surface area contributed by atoms with E-state index in [9.17, 15) is 30.0 Å². The van der Waals surface area contributed by atoms with Gasteiger partial charge in [0.2, 0.25) is 0 Å². The molecule has 8 N–H and O–H groups in total. The average Bonchev–Trinajstić information content (AvgIpc) is 3.11. The Bertz CT molecular complexity index is 684. The van der Waals surface area contributed by atoms with Crippen molar-refractivity contribution < 1.29 is 44.6 Å². The lowest BCUT2D eigenvalue weighted by Gasteiger charge is -2.43. The van der Waals surface area contributed by atoms with Crippen molar-refractivity contribution in [2.75, 3.05) is 6.61 Å². The molecule has 1 aliphatic heterocycles. The van der Waals surface area contributed by atoms with Crippen LogP contribution in [0.25, 0.3) is 0 Å². The molecule has 2 heterocycles. The van der Waals surface area contributed by atoms with Crippen LogP contribution in [-0.4, -0.2) is 84.4 Å². The smallest absolute Gasteiger partial charge is 0.364 e. The molecule has 0 aromatic carbocycles. The molecule has 1 aromatic rings. The summed E-state index contributed by atoms with van der Waals surface area (Å²) in [6.45, 7) is 1.21. The second kappa shape index (κ2) is 9.61. The van der Waals surface area contributed by atoms with Crippen LogP contribution in [0.2, 0.25) is 0 Å². The number of aromatic amines is 1. The molecular formula is C17H27N3O9. The number of aliphatic carboxylic acids is 1. The second-order valence-electron chi connectivity index (χ2n) is 7.29. The van der Waals surface area contributed by atoms with Gasteiger partial charge in [-0.05, 0) is 0 Å². The van der Waals surface area contributed by atoms with Crippen LogP contribution in [0.15, 0.2) is 12.5 Å². The van der Waals surface area contributed by atoms with Gasteiger partial charge in [0.05, 0.1) is 36.5 Å². The van der Waals surface area contributed by atoms with Gasteiger partial charge in [-0.25, -0.2) is 9.78 Å². The van der Waals surface area contributed by atoms with Gasteiger partial charge in [-0.15, -0.1) is 0 Å². The molecule has 4 unspecified atom stereocenters. The molecule has 2 rings (SSSR count). The number of carboxylic acid groups (broad SMARTS) is 1. The van der Waals surface area contributed by atoms with E-state index in [1.807, 2.05) is 0 Å². The summed E-state index contributed by atoms with van der Waals surface area (Å²) in [4.78, 5) is 30.0. The molecular weight excluding hydrogens is 390 g/mol. The molecule has 164 valence electrons. The zero-order chi connectivity index (χ0) is 21.8. The molecule has 12 heteroatoms. The van der Waals surface area contributed by atoms with Crippen LogP contribution in [0.5, 0.6) is 0 Å². The number of carboxylic acids is 1. The van der Waals surface area contributed by atoms with Crippen molar-refractivity contribution >= 4 is 11.9 Å². The Morgan fingerprint density at radius 1 is 1.48 bits per heavy atom. The Balaban J connectivity index is 1.93. The van der Waals surface area contributed by atoms with Gasteiger partial charge in [-0.2, -0.15) is 0 Å². The fourth-order valence-corrected chi connectivity index (χ4v) is 3.30. The van der Waals surface area contributed by atoms with E-state index in [1.54, 1.807) is 13.1 Å². The van der Waals surface area contributed by atoms with Crippen molar-refractivity contribution in [3.63, 3.8) is 0 Å². The van der Waals surface area contributed by atoms with E-state index in [1.165, 1.54) is 6.33 Å². The number of carbonyl (C=O) groups excluding carboxylic acids is 1. The van der Waals surface area contributed by atoms with Crippen LogP contribution < -0.4 is 5.73 Å². The summed E-state index contributed by atoms with van der Waals surface area (Å²) in [7, 11) is 0. The van der Waals surface area contributed by atoms with E-state index < -0.39 is 67.1 Å². The summed E-state index contributed by atoms with van der Waals surface area (Å²) in [5, 5.41) is 49.1. The first kappa shape index (κ1) is 23.2. The van der Waals surface area contributed by atoms with E-state index in [-0.39, 0.29) is 6.42 Å². The largest absolute Gasteiger partial charge is 0.477 e. The first-order valence-electron chi connectivity index (χ1n) is 9.10. The zero-order valence-electron chi connectivity index (χ0n) is 15.8. The fraction of sp³-hybridized carbons (Fsp3) is 0.706. The Morgan fingerprint density at radius 3 is 2.72 bits per heavy atom. The minimum Gasteiger partial charge on any atom is -0.477 e. The van der Waals surface area contributed by atoms with Gasteiger partial charge in [0.25, 0.3) is 5.79 Å². The molecule has 29 heavy (non-hydrogen) atoms. The van der Waals surface area contributed by atoms with Gasteiger partial charge in [0, 0.05) is 31.2 Å². The molecule has 12 nitrogen and oxygen atoms in total. The number of aliphatic hydroxyl groups excluding tert-OH is 3. The number of ether oxygens (including phenoxy) is 2. The van der Waals surface area contributed by atoms with E-state index in [0.29, 0.717) is 6.42 Å². The molecule has 0 spiro atoms. The number of aromatic nitrogens is 2. The van der Waals surface area contributed by atoms with Crippen molar-refractivity contribution in [1.82, 2.24) is 9.97 Å². The number of esters is 1. The lowest BCUT2D eigenvalue weighted by Crippen LogP contribution is -2.60. The van der Waals surface area contributed by atoms with Gasteiger partial charge >= 0.3 is 11.9 Å². The Hall–Kier alpha value is -2.09. The molecule has 7 atom stereocenters. The molecule has 0 radical (unpaired) electrons. The maximum atomic E-state index is 12.1. The number of rotatable bonds is 9. The summed E-state index contributed by atoms with van der Waals surface area (Å²) in [6, 6.07) is 0. The van der Waals surface area contributed by atoms with Crippen molar-refractivity contribution in [2.45, 2.75) is 56.5 Å². The quantitative estimate of drug-likeness (QED) is 0.168. The average molecular weight is 417 g/mol. The van der Waals surface area contributed by atoms with Gasteiger partial charge in [-0.3, -0.25) is 4.79 Å². The standard InChI is InChI=1S/C17H27N3O9/c1-8(2-9-5-19-7-20-9)15(24)28-6-10(21)3-12-13(14(18)23)11(22)4-17(27,29-12)16(25)26/h5,7-8,10-14,21-23,27H,2-4,6,18H2,1H3,(H,19,20)(H,25,26)/t8-,10+,11?,12?,13?,14+,17?/m1/s1. The molecule has 1 fully saturated rings. The van der Waals surface area contributed by atoms with Crippen molar-refractivity contribution in [2.24, 2.45) is 17.6 Å². The van der Waals surface area contributed by atoms with Crippen LogP contribution in [0, 0.1) is 11.8 Å². The number of hydrogen-bond acceptors (Lipinski definition) is 10. The number of imidazole rings is 1. The predicted octanol–water partition coefficient (Wildman–Crippen LogP) is -2.30. The summed E-state index contributed by atoms with van der Waals surface area (Å²) in [5.41, 5.74) is 6.17. The van der Waals surface area contributed by atoms with Crippen LogP contribution in [0.4, 0.5) is 0 Å². The fourth-order valence-electron chi connectivity index (χ4n) is 3.30. The summed E-state index contributed by atoms with van der Waals surface area (Å²) in [6.07, 6.45) is -3.30. The lowest BCUT2D eigenvalue weighted by atomic mass is 9.83. The minimum atomic E-state index is -2.69. The SMILES string of the molecule is C[C@H](Cc1cnc[nH]1)C(=O)OC[C@@H](O)CC1OC(O)(C(=O)O)CC(O)C1[C@@H](N)O. The highest BCUT2D eigenvalue weighted by Gasteiger charge is 2.52. The van der Waals surface area contributed by atoms with Crippen LogP contribution in [0.1, 0.15) is 25.5 Å². The van der Waals surface area contributed by atoms with Gasteiger partial charge in [-0.1, -0.05) is 6.92 Å². The van der Waals surface area contributed by atoms with Crippen molar-refractivity contribution in [3.8, 4) is 0 Å². The number of hydrogen-bond donors (Lipinski definition) is 7. The third-order valence-electron chi connectivity index (χ3n) is 4.84. The summed E-state index contributed by atoms with van der Waals surface area (Å²) < 4.78 is 10.2. The van der Waals surface area contributed by atoms with Gasteiger partial charge in [0.15, 0.2) is 0 Å². The highest BCUT2D eigenvalue weighted by molar-refractivity contribution is 5.75.